The first-order valence-corrected chi connectivity index (χ1v) is 12.5. The molecule has 0 bridgehead atoms. The summed E-state index contributed by atoms with van der Waals surface area (Å²) in [6.45, 7) is 4.10. The molecule has 0 nitrogen and oxygen atoms in total. The zero-order chi connectivity index (χ0) is 24.2. The van der Waals surface area contributed by atoms with Gasteiger partial charge in [0.15, 0.2) is 23.3 Å². The summed E-state index contributed by atoms with van der Waals surface area (Å²) in [5.41, 5.74) is 2.16. The van der Waals surface area contributed by atoms with E-state index < -0.39 is 23.3 Å². The van der Waals surface area contributed by atoms with Crippen molar-refractivity contribution in [3.05, 3.63) is 82.9 Å². The maximum Gasteiger partial charge on any atom is 0.166 e. The number of benzene rings is 3. The molecular weight excluding hydrogens is 436 g/mol. The van der Waals surface area contributed by atoms with Crippen molar-refractivity contribution in [3.63, 3.8) is 0 Å². The van der Waals surface area contributed by atoms with E-state index in [1.807, 2.05) is 6.92 Å². The predicted molar refractivity (Wildman–Crippen MR) is 131 cm³/mol. The van der Waals surface area contributed by atoms with Crippen LogP contribution in [0.15, 0.2) is 48.5 Å². The third-order valence-corrected chi connectivity index (χ3v) is 7.28. The van der Waals surface area contributed by atoms with Gasteiger partial charge in [-0.25, -0.2) is 17.6 Å². The average molecular weight is 469 g/mol. The lowest BCUT2D eigenvalue weighted by Crippen LogP contribution is -2.14. The van der Waals surface area contributed by atoms with Gasteiger partial charge in [0.25, 0.3) is 0 Å². The fraction of sp³-hybridized carbons (Fsp3) is 0.400. The summed E-state index contributed by atoms with van der Waals surface area (Å²) in [5.74, 6) is -2.55. The van der Waals surface area contributed by atoms with E-state index in [4.69, 9.17) is 0 Å². The Morgan fingerprint density at radius 1 is 0.618 bits per heavy atom. The number of hydrogen-bond donors (Lipinski definition) is 0. The van der Waals surface area contributed by atoms with Crippen LogP contribution < -0.4 is 0 Å². The fourth-order valence-corrected chi connectivity index (χ4v) is 5.38. The smallest absolute Gasteiger partial charge is 0.166 e. The molecule has 0 heterocycles. The van der Waals surface area contributed by atoms with Crippen LogP contribution in [-0.2, 0) is 6.42 Å². The van der Waals surface area contributed by atoms with Gasteiger partial charge in [0.1, 0.15) is 0 Å². The van der Waals surface area contributed by atoms with E-state index in [2.05, 4.69) is 6.92 Å². The number of halogens is 4. The Kier molecular flexibility index (Phi) is 7.75. The van der Waals surface area contributed by atoms with Crippen molar-refractivity contribution in [2.45, 2.75) is 71.1 Å². The first-order valence-electron chi connectivity index (χ1n) is 12.5. The molecular formula is C30H32F4. The van der Waals surface area contributed by atoms with Gasteiger partial charge in [-0.3, -0.25) is 0 Å². The minimum absolute atomic E-state index is 0.0626. The second-order valence-corrected chi connectivity index (χ2v) is 9.56. The molecule has 1 saturated carbocycles. The summed E-state index contributed by atoms with van der Waals surface area (Å²) < 4.78 is 59.1. The van der Waals surface area contributed by atoms with Gasteiger partial charge in [0, 0.05) is 11.1 Å². The van der Waals surface area contributed by atoms with Gasteiger partial charge in [-0.2, -0.15) is 0 Å². The Balaban J connectivity index is 1.56. The minimum Gasteiger partial charge on any atom is -0.203 e. The lowest BCUT2D eigenvalue weighted by Gasteiger charge is -2.29. The van der Waals surface area contributed by atoms with Gasteiger partial charge in [0.05, 0.1) is 0 Å². The molecule has 4 rings (SSSR count). The van der Waals surface area contributed by atoms with Crippen LogP contribution >= 0.6 is 0 Å². The Morgan fingerprint density at radius 3 is 1.74 bits per heavy atom. The molecule has 0 amide bonds. The van der Waals surface area contributed by atoms with Crippen molar-refractivity contribution in [1.29, 1.82) is 0 Å². The first-order chi connectivity index (χ1) is 16.4. The zero-order valence-electron chi connectivity index (χ0n) is 19.9. The van der Waals surface area contributed by atoms with Crippen molar-refractivity contribution in [3.8, 4) is 22.3 Å². The number of hydrogen-bond acceptors (Lipinski definition) is 0. The largest absolute Gasteiger partial charge is 0.203 e. The van der Waals surface area contributed by atoms with Crippen LogP contribution in [0.25, 0.3) is 22.3 Å². The molecule has 3 aromatic rings. The van der Waals surface area contributed by atoms with Crippen LogP contribution in [0.4, 0.5) is 17.6 Å². The van der Waals surface area contributed by atoms with Crippen molar-refractivity contribution < 1.29 is 17.6 Å². The maximum absolute atomic E-state index is 15.1. The molecule has 1 aliphatic carbocycles. The molecule has 180 valence electrons. The molecule has 3 aromatic carbocycles. The van der Waals surface area contributed by atoms with E-state index in [0.29, 0.717) is 34.6 Å². The average Bonchev–Trinajstić information content (AvgIpc) is 2.85. The minimum atomic E-state index is -0.881. The molecule has 0 atom stereocenters. The quantitative estimate of drug-likeness (QED) is 0.303. The molecule has 0 spiro atoms. The number of rotatable bonds is 7. The normalized spacial score (nSPS) is 18.3. The van der Waals surface area contributed by atoms with E-state index in [1.54, 1.807) is 48.5 Å². The molecule has 1 fully saturated rings. The third-order valence-electron chi connectivity index (χ3n) is 7.28. The molecule has 4 heteroatoms. The van der Waals surface area contributed by atoms with Crippen molar-refractivity contribution >= 4 is 0 Å². The van der Waals surface area contributed by atoms with Gasteiger partial charge in [-0.1, -0.05) is 81.6 Å². The number of aryl methyl sites for hydroxylation is 1. The molecule has 0 saturated heterocycles. The van der Waals surface area contributed by atoms with Gasteiger partial charge in [0.2, 0.25) is 0 Å². The molecule has 0 unspecified atom stereocenters. The van der Waals surface area contributed by atoms with E-state index in [9.17, 15) is 8.78 Å². The highest BCUT2D eigenvalue weighted by molar-refractivity contribution is 5.71. The molecule has 0 radical (unpaired) electrons. The highest BCUT2D eigenvalue weighted by Crippen LogP contribution is 2.40. The standard InChI is InChI=1S/C30H32F4/c1-3-5-19-7-9-20(10-8-19)25-17-18-26(30(34)29(25)33)22-13-11-21(12-14-22)24-16-15-23(6-4-2)27(31)28(24)32/h11-20H,3-10H2,1-2H3. The SMILES string of the molecule is CCCc1ccc(-c2ccc(-c3ccc(C4CCC(CCC)CC4)c(F)c3F)cc2)c(F)c1F. The van der Waals surface area contributed by atoms with E-state index in [-0.39, 0.29) is 17.0 Å². The van der Waals surface area contributed by atoms with Crippen molar-refractivity contribution in [1.82, 2.24) is 0 Å². The first kappa shape index (κ1) is 24.5. The van der Waals surface area contributed by atoms with E-state index in [1.165, 1.54) is 6.42 Å². The molecule has 0 aliphatic heterocycles. The lowest BCUT2D eigenvalue weighted by atomic mass is 9.77. The predicted octanol–water partition coefficient (Wildman–Crippen LogP) is 9.60. The van der Waals surface area contributed by atoms with E-state index in [0.717, 1.165) is 38.5 Å². The Hall–Kier alpha value is -2.62. The van der Waals surface area contributed by atoms with Crippen LogP contribution in [0.3, 0.4) is 0 Å². The van der Waals surface area contributed by atoms with Crippen LogP contribution in [0.5, 0.6) is 0 Å². The highest BCUT2D eigenvalue weighted by atomic mass is 19.2. The fourth-order valence-electron chi connectivity index (χ4n) is 5.38. The van der Waals surface area contributed by atoms with Gasteiger partial charge in [-0.05, 0) is 66.2 Å². The molecule has 0 aromatic heterocycles. The monoisotopic (exact) mass is 468 g/mol. The third kappa shape index (κ3) is 4.92. The van der Waals surface area contributed by atoms with Gasteiger partial charge in [-0.15, -0.1) is 0 Å². The summed E-state index contributed by atoms with van der Waals surface area (Å²) in [6, 6.07) is 13.0. The summed E-state index contributed by atoms with van der Waals surface area (Å²) in [7, 11) is 0. The van der Waals surface area contributed by atoms with Gasteiger partial charge < -0.3 is 0 Å². The van der Waals surface area contributed by atoms with Crippen molar-refractivity contribution in [2.75, 3.05) is 0 Å². The second kappa shape index (κ2) is 10.8. The molecule has 1 aliphatic rings. The van der Waals surface area contributed by atoms with Crippen LogP contribution in [-0.4, -0.2) is 0 Å². The van der Waals surface area contributed by atoms with Crippen LogP contribution in [0.1, 0.15) is 75.8 Å². The topological polar surface area (TPSA) is 0 Å². The molecule has 34 heavy (non-hydrogen) atoms. The van der Waals surface area contributed by atoms with Crippen LogP contribution in [0, 0.1) is 29.2 Å². The maximum atomic E-state index is 15.1. The van der Waals surface area contributed by atoms with E-state index >= 15 is 8.78 Å². The zero-order valence-corrected chi connectivity index (χ0v) is 19.9. The van der Waals surface area contributed by atoms with Crippen LogP contribution in [0.2, 0.25) is 0 Å². The van der Waals surface area contributed by atoms with Gasteiger partial charge >= 0.3 is 0 Å². The lowest BCUT2D eigenvalue weighted by molar-refractivity contribution is 0.303. The Morgan fingerprint density at radius 2 is 1.18 bits per heavy atom. The summed E-state index contributed by atoms with van der Waals surface area (Å²) in [4.78, 5) is 0. The molecule has 0 N–H and O–H groups in total. The summed E-state index contributed by atoms with van der Waals surface area (Å²) in [6.07, 6.45) is 7.51. The highest BCUT2D eigenvalue weighted by Gasteiger charge is 2.26. The van der Waals surface area contributed by atoms with Crippen molar-refractivity contribution in [2.24, 2.45) is 5.92 Å². The Bertz CT molecular complexity index is 1130. The summed E-state index contributed by atoms with van der Waals surface area (Å²) >= 11 is 0. The Labute approximate surface area is 200 Å². The summed E-state index contributed by atoms with van der Waals surface area (Å²) in [5, 5.41) is 0. The second-order valence-electron chi connectivity index (χ2n) is 9.56.